The van der Waals surface area contributed by atoms with E-state index >= 15 is 0 Å². The summed E-state index contributed by atoms with van der Waals surface area (Å²) in [6.07, 6.45) is 2.14. The van der Waals surface area contributed by atoms with Gasteiger partial charge in [0.05, 0.1) is 41.5 Å². The van der Waals surface area contributed by atoms with Crippen LogP contribution in [0.15, 0.2) is 78.0 Å². The number of methoxy groups -OCH3 is 1. The van der Waals surface area contributed by atoms with E-state index in [0.717, 1.165) is 11.1 Å². The quantitative estimate of drug-likeness (QED) is 0.197. The molecular formula is C28H25N7O7. The molecule has 0 aliphatic carbocycles. The molecule has 0 fully saturated rings. The molecule has 0 spiro atoms. The van der Waals surface area contributed by atoms with Crippen molar-refractivity contribution in [2.24, 2.45) is 5.10 Å². The molecule has 1 aromatic heterocycles. The summed E-state index contributed by atoms with van der Waals surface area (Å²) in [5.41, 5.74) is 3.52. The molecule has 1 aliphatic heterocycles. The van der Waals surface area contributed by atoms with Crippen molar-refractivity contribution in [3.63, 3.8) is 0 Å². The lowest BCUT2D eigenvalue weighted by Crippen LogP contribution is -2.24. The van der Waals surface area contributed by atoms with Crippen LogP contribution in [-0.4, -0.2) is 48.6 Å². The van der Waals surface area contributed by atoms with Crippen molar-refractivity contribution >= 4 is 23.0 Å². The summed E-state index contributed by atoms with van der Waals surface area (Å²) in [5, 5.41) is 36.0. The number of carbonyl (C=O) groups is 1. The van der Waals surface area contributed by atoms with Crippen molar-refractivity contribution in [1.82, 2.24) is 20.0 Å². The molecule has 1 unspecified atom stereocenters. The number of carbonyl (C=O) groups excluding carboxylic acids is 1. The fraction of sp³-hybridized carbons (Fsp3) is 0.214. The predicted molar refractivity (Wildman–Crippen MR) is 149 cm³/mol. The summed E-state index contributed by atoms with van der Waals surface area (Å²) >= 11 is 0. The van der Waals surface area contributed by atoms with E-state index in [1.807, 2.05) is 6.07 Å². The first-order valence-corrected chi connectivity index (χ1v) is 12.8. The van der Waals surface area contributed by atoms with Crippen molar-refractivity contribution in [2.45, 2.75) is 32.5 Å². The molecule has 5 rings (SSSR count). The van der Waals surface area contributed by atoms with Crippen LogP contribution in [0.5, 0.6) is 11.5 Å². The predicted octanol–water partition coefficient (Wildman–Crippen LogP) is 4.43. The molecular weight excluding hydrogens is 546 g/mol. The summed E-state index contributed by atoms with van der Waals surface area (Å²) in [5.74, 6) is 0.682. The second-order valence-corrected chi connectivity index (χ2v) is 9.46. The van der Waals surface area contributed by atoms with Crippen LogP contribution in [-0.2, 0) is 17.9 Å². The van der Waals surface area contributed by atoms with Crippen LogP contribution < -0.4 is 9.47 Å². The van der Waals surface area contributed by atoms with Gasteiger partial charge in [-0.15, -0.1) is 5.10 Å². The van der Waals surface area contributed by atoms with E-state index in [1.54, 1.807) is 47.3 Å². The zero-order chi connectivity index (χ0) is 29.8. The molecule has 0 saturated carbocycles. The SMILES string of the molecule is COc1cc(C2CC(c3ccc([N+](=O)[O-])cc3)=NN2C(C)=O)ccc1OCc1cn(Cc2ccc([N+](=O)[O-])cc2)nn1. The van der Waals surface area contributed by atoms with Crippen LogP contribution in [0.1, 0.15) is 41.8 Å². The Labute approximate surface area is 239 Å². The third-order valence-corrected chi connectivity index (χ3v) is 6.67. The lowest BCUT2D eigenvalue weighted by atomic mass is 9.98. The first kappa shape index (κ1) is 27.9. The topological polar surface area (TPSA) is 168 Å². The third-order valence-electron chi connectivity index (χ3n) is 6.67. The van der Waals surface area contributed by atoms with E-state index in [0.29, 0.717) is 41.4 Å². The largest absolute Gasteiger partial charge is 0.493 e. The van der Waals surface area contributed by atoms with Crippen molar-refractivity contribution in [1.29, 1.82) is 0 Å². The Hall–Kier alpha value is -5.66. The van der Waals surface area contributed by atoms with Gasteiger partial charge in [-0.3, -0.25) is 25.0 Å². The summed E-state index contributed by atoms with van der Waals surface area (Å²) in [7, 11) is 1.52. The number of hydrogen-bond acceptors (Lipinski definition) is 10. The lowest BCUT2D eigenvalue weighted by molar-refractivity contribution is -0.385. The number of aromatic nitrogens is 3. The van der Waals surface area contributed by atoms with E-state index in [9.17, 15) is 25.0 Å². The van der Waals surface area contributed by atoms with Gasteiger partial charge in [0.15, 0.2) is 11.5 Å². The molecule has 14 nitrogen and oxygen atoms in total. The smallest absolute Gasteiger partial charge is 0.269 e. The standard InChI is InChI=1S/C28H25N7O7/c1-18(36)33-26(14-25(30-33)20-5-10-24(11-6-20)35(39)40)21-7-12-27(28(13-21)41-2)42-17-22-16-32(31-29-22)15-19-3-8-23(9-4-19)34(37)38/h3-13,16,26H,14-15,17H2,1-2H3. The van der Waals surface area contributed by atoms with E-state index in [-0.39, 0.29) is 23.9 Å². The normalized spacial score (nSPS) is 14.4. The van der Waals surface area contributed by atoms with Crippen molar-refractivity contribution in [3.8, 4) is 11.5 Å². The zero-order valence-electron chi connectivity index (χ0n) is 22.6. The summed E-state index contributed by atoms with van der Waals surface area (Å²) < 4.78 is 13.1. The average molecular weight is 572 g/mol. The van der Waals surface area contributed by atoms with E-state index < -0.39 is 15.9 Å². The van der Waals surface area contributed by atoms with Gasteiger partial charge < -0.3 is 9.47 Å². The lowest BCUT2D eigenvalue weighted by Gasteiger charge is -2.21. The highest BCUT2D eigenvalue weighted by Crippen LogP contribution is 2.37. The maximum absolute atomic E-state index is 12.4. The van der Waals surface area contributed by atoms with Gasteiger partial charge in [-0.05, 0) is 41.0 Å². The highest BCUT2D eigenvalue weighted by atomic mass is 16.6. The Morgan fingerprint density at radius 3 is 2.26 bits per heavy atom. The number of amides is 1. The molecule has 3 aromatic carbocycles. The average Bonchev–Trinajstić information content (AvgIpc) is 3.64. The number of rotatable bonds is 10. The van der Waals surface area contributed by atoms with Crippen molar-refractivity contribution in [2.75, 3.05) is 7.11 Å². The third kappa shape index (κ3) is 6.06. The number of non-ortho nitro benzene ring substituents is 2. The Bertz CT molecular complexity index is 1670. The minimum atomic E-state index is -0.467. The fourth-order valence-corrected chi connectivity index (χ4v) is 4.56. The molecule has 0 N–H and O–H groups in total. The molecule has 4 aromatic rings. The number of nitro benzene ring substituents is 2. The van der Waals surface area contributed by atoms with Crippen LogP contribution in [0.25, 0.3) is 0 Å². The van der Waals surface area contributed by atoms with E-state index in [1.165, 1.54) is 43.3 Å². The van der Waals surface area contributed by atoms with Gasteiger partial charge in [-0.25, -0.2) is 9.69 Å². The maximum atomic E-state index is 12.4. The van der Waals surface area contributed by atoms with Crippen molar-refractivity contribution < 1.29 is 24.1 Å². The monoisotopic (exact) mass is 571 g/mol. The molecule has 1 amide bonds. The van der Waals surface area contributed by atoms with Crippen LogP contribution in [0.4, 0.5) is 11.4 Å². The first-order chi connectivity index (χ1) is 20.2. The minimum absolute atomic E-state index is 0.0192. The number of ether oxygens (including phenoxy) is 2. The number of nitro groups is 2. The zero-order valence-corrected chi connectivity index (χ0v) is 22.6. The molecule has 1 aliphatic rings. The molecule has 0 saturated heterocycles. The van der Waals surface area contributed by atoms with Crippen LogP contribution in [0.2, 0.25) is 0 Å². The van der Waals surface area contributed by atoms with Crippen LogP contribution in [0, 0.1) is 20.2 Å². The van der Waals surface area contributed by atoms with Gasteiger partial charge in [0.25, 0.3) is 11.4 Å². The molecule has 0 radical (unpaired) electrons. The Balaban J connectivity index is 1.26. The van der Waals surface area contributed by atoms with Gasteiger partial charge in [0.1, 0.15) is 12.3 Å². The number of hydrazone groups is 1. The van der Waals surface area contributed by atoms with Crippen molar-refractivity contribution in [3.05, 3.63) is 116 Å². The van der Waals surface area contributed by atoms with Crippen LogP contribution in [0.3, 0.4) is 0 Å². The second kappa shape index (κ2) is 11.8. The summed E-state index contributed by atoms with van der Waals surface area (Å²) in [6, 6.07) is 17.3. The highest BCUT2D eigenvalue weighted by molar-refractivity contribution is 6.03. The van der Waals surface area contributed by atoms with Crippen LogP contribution >= 0.6 is 0 Å². The first-order valence-electron chi connectivity index (χ1n) is 12.8. The Morgan fingerprint density at radius 2 is 1.64 bits per heavy atom. The molecule has 42 heavy (non-hydrogen) atoms. The fourth-order valence-electron chi connectivity index (χ4n) is 4.56. The molecule has 0 bridgehead atoms. The summed E-state index contributed by atoms with van der Waals surface area (Å²) in [6.45, 7) is 1.94. The van der Waals surface area contributed by atoms with E-state index in [2.05, 4.69) is 15.4 Å². The maximum Gasteiger partial charge on any atom is 0.269 e. The molecule has 214 valence electrons. The van der Waals surface area contributed by atoms with Gasteiger partial charge in [0.2, 0.25) is 5.91 Å². The molecule has 2 heterocycles. The highest BCUT2D eigenvalue weighted by Gasteiger charge is 2.32. The van der Waals surface area contributed by atoms with Gasteiger partial charge in [-0.2, -0.15) is 5.10 Å². The van der Waals surface area contributed by atoms with Gasteiger partial charge >= 0.3 is 0 Å². The summed E-state index contributed by atoms with van der Waals surface area (Å²) in [4.78, 5) is 33.3. The van der Waals surface area contributed by atoms with Gasteiger partial charge in [-0.1, -0.05) is 23.4 Å². The Morgan fingerprint density at radius 1 is 0.976 bits per heavy atom. The number of hydrogen-bond donors (Lipinski definition) is 0. The second-order valence-electron chi connectivity index (χ2n) is 9.46. The minimum Gasteiger partial charge on any atom is -0.493 e. The molecule has 1 atom stereocenters. The van der Waals surface area contributed by atoms with Gasteiger partial charge in [0, 0.05) is 37.6 Å². The van der Waals surface area contributed by atoms with E-state index in [4.69, 9.17) is 9.47 Å². The number of benzene rings is 3. The molecule has 14 heteroatoms. The Kier molecular flexibility index (Phi) is 7.86. The number of nitrogens with zero attached hydrogens (tertiary/aromatic N) is 7.